The fourth-order valence-electron chi connectivity index (χ4n) is 10.7. The smallest absolute Gasteiger partial charge is 0.599 e. The van der Waals surface area contributed by atoms with Gasteiger partial charge in [-0.05, 0) is 90.3 Å². The highest BCUT2D eigenvalue weighted by atomic mass is 35.6. The Balaban J connectivity index is 1.14. The topological polar surface area (TPSA) is 42.8 Å². The van der Waals surface area contributed by atoms with E-state index >= 15 is 0 Å². The number of aliphatic imine (C=N–C) groups is 1. The minimum absolute atomic E-state index is 0.0794. The molecule has 0 unspecified atom stereocenters. The standard InChI is InChI=1S/C60H48N2O2.Al.ClH/c63-59-45(35-43-23-9-13-27-49(43)57(59)55-47-25-11-7-21-41(47)31-33-51(55)39-17-3-1-4-18-39)37-61-53-29-15-16-30-54(53)62-38-46-36-44-24-10-14-28-50(44)58(60(46)64)56-48-26-12-8-22-42(48)32-34-52(56)40-19-5-2-6-20-40;;/h1-14,17-28,31-37,53-54,62-64H,15-16,29-30,38H2;;1H/q;+3;/p-3/t53-,54-;;/m1../s1. The van der Waals surface area contributed by atoms with Gasteiger partial charge >= 0.3 is 13.9 Å². The van der Waals surface area contributed by atoms with Crippen LogP contribution in [0.3, 0.4) is 0 Å². The van der Waals surface area contributed by atoms with Gasteiger partial charge in [-0.1, -0.05) is 195 Å². The Morgan fingerprint density at radius 1 is 0.470 bits per heavy atom. The summed E-state index contributed by atoms with van der Waals surface area (Å²) in [6.07, 6.45) is 6.39. The zero-order valence-electron chi connectivity index (χ0n) is 36.5. The first kappa shape index (κ1) is 40.8. The van der Waals surface area contributed by atoms with Gasteiger partial charge in [0.1, 0.15) is 5.75 Å². The maximum absolute atomic E-state index is 7.83. The Morgan fingerprint density at radius 3 is 1.53 bits per heavy atom. The van der Waals surface area contributed by atoms with Crippen LogP contribution in [0.25, 0.3) is 87.6 Å². The molecule has 1 aliphatic carbocycles. The third-order valence-electron chi connectivity index (χ3n) is 13.7. The average Bonchev–Trinajstić information content (AvgIpc) is 3.38. The van der Waals surface area contributed by atoms with Crippen molar-refractivity contribution in [2.75, 3.05) is 0 Å². The van der Waals surface area contributed by atoms with E-state index < -0.39 is 13.9 Å². The van der Waals surface area contributed by atoms with Crippen LogP contribution in [0.4, 0.5) is 0 Å². The van der Waals surface area contributed by atoms with E-state index in [1.807, 2.05) is 0 Å². The summed E-state index contributed by atoms with van der Waals surface area (Å²) in [6, 6.07) is 69.8. The van der Waals surface area contributed by atoms with Crippen LogP contribution in [-0.4, -0.2) is 32.2 Å². The molecule has 2 atom stereocenters. The van der Waals surface area contributed by atoms with Gasteiger partial charge in [0.25, 0.3) is 0 Å². The molecule has 1 heterocycles. The van der Waals surface area contributed by atoms with E-state index in [-0.39, 0.29) is 12.1 Å². The molecule has 12 rings (SSSR count). The van der Waals surface area contributed by atoms with Gasteiger partial charge in [0, 0.05) is 52.2 Å². The summed E-state index contributed by atoms with van der Waals surface area (Å²) in [6.45, 7) is 0.589. The molecule has 0 radical (unpaired) electrons. The summed E-state index contributed by atoms with van der Waals surface area (Å²) in [4.78, 5) is 5.48. The summed E-state index contributed by atoms with van der Waals surface area (Å²) in [7, 11) is 7.83. The van der Waals surface area contributed by atoms with E-state index in [0.29, 0.717) is 12.3 Å². The molecule has 1 N–H and O–H groups in total. The molecule has 4 nitrogen and oxygen atoms in total. The third-order valence-corrected chi connectivity index (χ3v) is 15.1. The molecule has 0 aromatic heterocycles. The maximum Gasteiger partial charge on any atom is 0.999 e. The van der Waals surface area contributed by atoms with Gasteiger partial charge in [-0.3, -0.25) is 4.99 Å². The molecular formula is C60H46AlClN2O2. The van der Waals surface area contributed by atoms with Crippen molar-refractivity contribution in [3.63, 3.8) is 0 Å². The van der Waals surface area contributed by atoms with Gasteiger partial charge in [0.05, 0.1) is 11.8 Å². The van der Waals surface area contributed by atoms with Gasteiger partial charge in [0.15, 0.2) is 0 Å². The fourth-order valence-corrected chi connectivity index (χ4v) is 12.2. The third kappa shape index (κ3) is 7.43. The first-order chi connectivity index (χ1) is 32.7. The summed E-state index contributed by atoms with van der Waals surface area (Å²) in [5.41, 5.74) is 10.7. The molecule has 0 bridgehead atoms. The Bertz CT molecular complexity index is 3480. The summed E-state index contributed by atoms with van der Waals surface area (Å²) in [5, 5.41) is 13.0. The number of rotatable bonds is 4. The van der Waals surface area contributed by atoms with Crippen LogP contribution in [0.2, 0.25) is 0 Å². The summed E-state index contributed by atoms with van der Waals surface area (Å²) >= 11 is -3.16. The average molecular weight is 889 g/mol. The van der Waals surface area contributed by atoms with Crippen molar-refractivity contribution < 1.29 is 7.58 Å². The van der Waals surface area contributed by atoms with Crippen LogP contribution in [0.5, 0.6) is 11.5 Å². The quantitative estimate of drug-likeness (QED) is 0.179. The Hall–Kier alpha value is -6.71. The highest BCUT2D eigenvalue weighted by molar-refractivity contribution is 7.00. The molecule has 0 spiro atoms. The molecule has 1 saturated carbocycles. The second kappa shape index (κ2) is 17.6. The van der Waals surface area contributed by atoms with Crippen LogP contribution in [0.1, 0.15) is 36.8 Å². The molecule has 66 heavy (non-hydrogen) atoms. The van der Waals surface area contributed by atoms with Gasteiger partial charge < -0.3 is 12.9 Å². The van der Waals surface area contributed by atoms with Crippen molar-refractivity contribution in [3.8, 4) is 56.0 Å². The Morgan fingerprint density at radius 2 is 0.939 bits per heavy atom. The molecule has 318 valence electrons. The molecule has 2 aliphatic rings. The summed E-state index contributed by atoms with van der Waals surface area (Å²) in [5.74, 6) is 1.45. The SMILES string of the molecule is [Cl][Al]1[O]c2c(cc3ccccc3c2-c2c(-c3ccccc3)ccc3ccccc23)C=N[C@@H]2CCCC[C@H]2NCc2cc3ccccc3c(-c3c(-c4ccccc4)ccc4ccccc34)c2[O]1. The van der Waals surface area contributed by atoms with E-state index in [1.165, 1.54) is 0 Å². The number of nitrogens with zero attached hydrogens (tertiary/aromatic N) is 1. The van der Waals surface area contributed by atoms with Gasteiger partial charge in [-0.15, -0.1) is 0 Å². The predicted molar refractivity (Wildman–Crippen MR) is 278 cm³/mol. The molecular weight excluding hydrogens is 843 g/mol. The predicted octanol–water partition coefficient (Wildman–Crippen LogP) is 15.5. The lowest BCUT2D eigenvalue weighted by Crippen LogP contribution is -2.41. The van der Waals surface area contributed by atoms with Gasteiger partial charge in [-0.25, -0.2) is 0 Å². The molecule has 0 amide bonds. The molecule has 1 fully saturated rings. The van der Waals surface area contributed by atoms with Crippen molar-refractivity contribution in [3.05, 3.63) is 205 Å². The van der Waals surface area contributed by atoms with Crippen LogP contribution < -0.4 is 12.9 Å². The Kier molecular flexibility index (Phi) is 10.9. The molecule has 0 saturated heterocycles. The number of fused-ring (bicyclic) bond motifs is 7. The van der Waals surface area contributed by atoms with Crippen molar-refractivity contribution in [2.24, 2.45) is 4.99 Å². The second-order valence-electron chi connectivity index (χ2n) is 17.6. The summed E-state index contributed by atoms with van der Waals surface area (Å²) < 4.78 is 14.9. The lowest BCUT2D eigenvalue weighted by atomic mass is 9.85. The number of nitrogens with one attached hydrogen (secondary N) is 1. The number of halogens is 1. The largest absolute Gasteiger partial charge is 0.999 e. The van der Waals surface area contributed by atoms with Crippen molar-refractivity contribution >= 4 is 73.2 Å². The Labute approximate surface area is 394 Å². The van der Waals surface area contributed by atoms with Crippen molar-refractivity contribution in [1.82, 2.24) is 5.32 Å². The van der Waals surface area contributed by atoms with Crippen LogP contribution in [0.15, 0.2) is 199 Å². The minimum atomic E-state index is -3.16. The van der Waals surface area contributed by atoms with Crippen LogP contribution in [0, 0.1) is 0 Å². The van der Waals surface area contributed by atoms with E-state index in [4.69, 9.17) is 22.6 Å². The first-order valence-corrected chi connectivity index (χ1v) is 25.8. The number of hydrogen-bond acceptors (Lipinski definition) is 4. The van der Waals surface area contributed by atoms with E-state index in [0.717, 1.165) is 130 Å². The van der Waals surface area contributed by atoms with E-state index in [2.05, 4.69) is 206 Å². The lowest BCUT2D eigenvalue weighted by Gasteiger charge is -2.30. The number of benzene rings is 10. The molecule has 10 aromatic rings. The van der Waals surface area contributed by atoms with Gasteiger partial charge in [-0.2, -0.15) is 10.0 Å². The molecule has 1 aliphatic heterocycles. The molecule has 6 heteroatoms. The van der Waals surface area contributed by atoms with E-state index in [9.17, 15) is 0 Å². The van der Waals surface area contributed by atoms with E-state index in [1.54, 1.807) is 0 Å². The minimum Gasteiger partial charge on any atom is -0.599 e. The van der Waals surface area contributed by atoms with Gasteiger partial charge in [0.2, 0.25) is 0 Å². The first-order valence-electron chi connectivity index (χ1n) is 23.2. The van der Waals surface area contributed by atoms with Crippen LogP contribution >= 0.6 is 10.0 Å². The van der Waals surface area contributed by atoms with Crippen LogP contribution in [-0.2, 0) is 6.54 Å². The maximum atomic E-state index is 7.83. The monoisotopic (exact) mass is 888 g/mol. The zero-order valence-corrected chi connectivity index (χ0v) is 38.4. The number of hydrogen-bond donors (Lipinski definition) is 1. The molecule has 10 aromatic carbocycles. The fraction of sp³-hybridized carbons (Fsp3) is 0.117. The zero-order chi connectivity index (χ0) is 44.0. The highest BCUT2D eigenvalue weighted by Gasteiger charge is 2.37. The van der Waals surface area contributed by atoms with Crippen molar-refractivity contribution in [1.29, 1.82) is 0 Å². The highest BCUT2D eigenvalue weighted by Crippen LogP contribution is 2.50. The second-order valence-corrected chi connectivity index (χ2v) is 19.7. The lowest BCUT2D eigenvalue weighted by molar-refractivity contribution is 0.328. The van der Waals surface area contributed by atoms with Crippen molar-refractivity contribution in [2.45, 2.75) is 44.3 Å². The normalized spacial score (nSPS) is 16.3.